The van der Waals surface area contributed by atoms with Crippen LogP contribution in [-0.2, 0) is 0 Å². The molecule has 2 aromatic rings. The van der Waals surface area contributed by atoms with E-state index in [1.54, 1.807) is 10.6 Å². The van der Waals surface area contributed by atoms with Gasteiger partial charge in [0.25, 0.3) is 0 Å². The molecule has 78 valence electrons. The SMILES string of the molecule is CC(C)n1c(C(=O)[O-])nc2ccccc21.[Li+]. The van der Waals surface area contributed by atoms with Crippen molar-refractivity contribution in [3.63, 3.8) is 0 Å². The van der Waals surface area contributed by atoms with Gasteiger partial charge in [0.15, 0.2) is 5.82 Å². The number of nitrogens with zero attached hydrogens (tertiary/aromatic N) is 2. The van der Waals surface area contributed by atoms with Crippen LogP contribution in [0.4, 0.5) is 0 Å². The van der Waals surface area contributed by atoms with Crippen molar-refractivity contribution in [2.75, 3.05) is 0 Å². The van der Waals surface area contributed by atoms with Crippen LogP contribution in [0.15, 0.2) is 24.3 Å². The molecule has 0 atom stereocenters. The van der Waals surface area contributed by atoms with E-state index in [1.165, 1.54) is 0 Å². The smallest absolute Gasteiger partial charge is 0.542 e. The molecule has 0 fully saturated rings. The Morgan fingerprint density at radius 2 is 2.00 bits per heavy atom. The van der Waals surface area contributed by atoms with Crippen LogP contribution in [0.25, 0.3) is 11.0 Å². The maximum absolute atomic E-state index is 10.9. The van der Waals surface area contributed by atoms with Gasteiger partial charge in [-0.15, -0.1) is 0 Å². The number of carboxylic acids is 1. The number of hydrogen-bond donors (Lipinski definition) is 0. The number of carbonyl (C=O) groups excluding carboxylic acids is 1. The van der Waals surface area contributed by atoms with E-state index >= 15 is 0 Å². The van der Waals surface area contributed by atoms with E-state index in [-0.39, 0.29) is 30.7 Å². The second-order valence-electron chi connectivity index (χ2n) is 3.68. The normalized spacial score (nSPS) is 10.4. The summed E-state index contributed by atoms with van der Waals surface area (Å²) in [4.78, 5) is 14.9. The van der Waals surface area contributed by atoms with Gasteiger partial charge in [0.1, 0.15) is 5.97 Å². The van der Waals surface area contributed by atoms with Gasteiger partial charge >= 0.3 is 18.9 Å². The van der Waals surface area contributed by atoms with Crippen molar-refractivity contribution < 1.29 is 28.8 Å². The summed E-state index contributed by atoms with van der Waals surface area (Å²) in [5.74, 6) is -1.24. The number of aromatic nitrogens is 2. The molecule has 1 aromatic carbocycles. The molecule has 0 saturated heterocycles. The first-order valence-electron chi connectivity index (χ1n) is 4.79. The Bertz CT molecular complexity index is 520. The van der Waals surface area contributed by atoms with Gasteiger partial charge in [-0.05, 0) is 26.0 Å². The van der Waals surface area contributed by atoms with Crippen molar-refractivity contribution in [1.29, 1.82) is 0 Å². The molecular weight excluding hydrogens is 199 g/mol. The molecule has 0 bridgehead atoms. The zero-order chi connectivity index (χ0) is 11.0. The second kappa shape index (κ2) is 4.73. The summed E-state index contributed by atoms with van der Waals surface area (Å²) in [7, 11) is 0. The molecule has 1 aromatic heterocycles. The number of carbonyl (C=O) groups is 1. The molecule has 0 saturated carbocycles. The minimum absolute atomic E-state index is 0. The Balaban J connectivity index is 0.00000128. The van der Waals surface area contributed by atoms with Crippen LogP contribution >= 0.6 is 0 Å². The summed E-state index contributed by atoms with van der Waals surface area (Å²) >= 11 is 0. The molecule has 0 radical (unpaired) electrons. The van der Waals surface area contributed by atoms with Gasteiger partial charge in [0.05, 0.1) is 11.0 Å². The number of carboxylic acid groups (broad SMARTS) is 1. The molecule has 0 amide bonds. The molecule has 2 rings (SSSR count). The van der Waals surface area contributed by atoms with Crippen molar-refractivity contribution in [3.05, 3.63) is 30.1 Å². The zero-order valence-electron chi connectivity index (χ0n) is 9.60. The van der Waals surface area contributed by atoms with E-state index in [0.29, 0.717) is 5.52 Å². The van der Waals surface area contributed by atoms with Crippen molar-refractivity contribution in [3.8, 4) is 0 Å². The quantitative estimate of drug-likeness (QED) is 0.538. The van der Waals surface area contributed by atoms with Gasteiger partial charge in [0.2, 0.25) is 0 Å². The topological polar surface area (TPSA) is 58.0 Å². The van der Waals surface area contributed by atoms with Crippen LogP contribution < -0.4 is 24.0 Å². The maximum Gasteiger partial charge on any atom is 1.00 e. The average Bonchev–Trinajstić information content (AvgIpc) is 2.56. The fourth-order valence-electron chi connectivity index (χ4n) is 1.71. The standard InChI is InChI=1S/C11H12N2O2.Li/c1-7(2)13-9-6-4-3-5-8(9)12-10(13)11(14)15;/h3-7H,1-2H3,(H,14,15);/q;+1/p-1. The van der Waals surface area contributed by atoms with Crippen molar-refractivity contribution in [2.45, 2.75) is 19.9 Å². The van der Waals surface area contributed by atoms with E-state index < -0.39 is 5.97 Å². The Morgan fingerprint density at radius 1 is 1.38 bits per heavy atom. The molecule has 0 aliphatic heterocycles. The molecule has 0 aliphatic rings. The van der Waals surface area contributed by atoms with Crippen molar-refractivity contribution in [1.82, 2.24) is 9.55 Å². The number of para-hydroxylation sites is 2. The first-order valence-corrected chi connectivity index (χ1v) is 4.79. The number of fused-ring (bicyclic) bond motifs is 1. The van der Waals surface area contributed by atoms with Crippen molar-refractivity contribution in [2.24, 2.45) is 0 Å². The second-order valence-corrected chi connectivity index (χ2v) is 3.68. The van der Waals surface area contributed by atoms with Crippen molar-refractivity contribution >= 4 is 17.0 Å². The Labute approximate surface area is 105 Å². The zero-order valence-corrected chi connectivity index (χ0v) is 9.60. The number of rotatable bonds is 2. The predicted octanol–water partition coefficient (Wildman–Crippen LogP) is -2.02. The number of hydrogen-bond acceptors (Lipinski definition) is 3. The largest absolute Gasteiger partial charge is 1.00 e. The molecule has 0 N–H and O–H groups in total. The van der Waals surface area contributed by atoms with Crippen LogP contribution in [0, 0.1) is 0 Å². The predicted molar refractivity (Wildman–Crippen MR) is 54.4 cm³/mol. The summed E-state index contributed by atoms with van der Waals surface area (Å²) in [6.07, 6.45) is 0. The Morgan fingerprint density at radius 3 is 2.56 bits per heavy atom. The van der Waals surface area contributed by atoms with Gasteiger partial charge in [-0.1, -0.05) is 12.1 Å². The van der Waals surface area contributed by atoms with E-state index in [9.17, 15) is 9.90 Å². The fraction of sp³-hybridized carbons (Fsp3) is 0.273. The van der Waals surface area contributed by atoms with Gasteiger partial charge in [-0.25, -0.2) is 4.98 Å². The summed E-state index contributed by atoms with van der Waals surface area (Å²) in [6.45, 7) is 3.83. The Kier molecular flexibility index (Phi) is 3.79. The van der Waals surface area contributed by atoms with Crippen LogP contribution in [0.2, 0.25) is 0 Å². The number of imidazole rings is 1. The summed E-state index contributed by atoms with van der Waals surface area (Å²) in [5.41, 5.74) is 1.51. The molecular formula is C11H11LiN2O2. The van der Waals surface area contributed by atoms with Gasteiger partial charge in [-0.3, -0.25) is 0 Å². The maximum atomic E-state index is 10.9. The Hall–Kier alpha value is -1.24. The third kappa shape index (κ3) is 1.99. The van der Waals surface area contributed by atoms with E-state index in [1.807, 2.05) is 32.0 Å². The van der Waals surface area contributed by atoms with E-state index in [2.05, 4.69) is 4.98 Å². The first-order chi connectivity index (χ1) is 7.11. The molecule has 16 heavy (non-hydrogen) atoms. The van der Waals surface area contributed by atoms with Crippen LogP contribution in [0.3, 0.4) is 0 Å². The molecule has 0 unspecified atom stereocenters. The van der Waals surface area contributed by atoms with E-state index in [4.69, 9.17) is 0 Å². The minimum atomic E-state index is -1.24. The van der Waals surface area contributed by atoms with Crippen LogP contribution in [0.1, 0.15) is 30.5 Å². The van der Waals surface area contributed by atoms with Gasteiger partial charge in [-0.2, -0.15) is 0 Å². The fourth-order valence-corrected chi connectivity index (χ4v) is 1.71. The third-order valence-corrected chi connectivity index (χ3v) is 2.29. The molecule has 0 spiro atoms. The molecule has 4 nitrogen and oxygen atoms in total. The summed E-state index contributed by atoms with van der Waals surface area (Å²) < 4.78 is 1.67. The number of aromatic carboxylic acids is 1. The summed E-state index contributed by atoms with van der Waals surface area (Å²) in [6, 6.07) is 7.39. The molecule has 0 aliphatic carbocycles. The average molecular weight is 210 g/mol. The van der Waals surface area contributed by atoms with E-state index in [0.717, 1.165) is 5.52 Å². The monoisotopic (exact) mass is 210 g/mol. The summed E-state index contributed by atoms with van der Waals surface area (Å²) in [5, 5.41) is 10.9. The minimum Gasteiger partial charge on any atom is -0.542 e. The molecule has 1 heterocycles. The van der Waals surface area contributed by atoms with Crippen LogP contribution in [-0.4, -0.2) is 15.5 Å². The first kappa shape index (κ1) is 12.8. The third-order valence-electron chi connectivity index (χ3n) is 2.29. The molecule has 5 heteroatoms. The van der Waals surface area contributed by atoms with Gasteiger partial charge in [0, 0.05) is 6.04 Å². The van der Waals surface area contributed by atoms with Crippen LogP contribution in [0.5, 0.6) is 0 Å². The number of benzene rings is 1. The van der Waals surface area contributed by atoms with Gasteiger partial charge < -0.3 is 14.5 Å².